The van der Waals surface area contributed by atoms with Crippen LogP contribution in [0.3, 0.4) is 0 Å². The third kappa shape index (κ3) is 5.05. The Morgan fingerprint density at radius 2 is 1.87 bits per heavy atom. The van der Waals surface area contributed by atoms with Crippen LogP contribution in [-0.2, 0) is 6.42 Å². The lowest BCUT2D eigenvalue weighted by Crippen LogP contribution is -2.30. The topological polar surface area (TPSA) is 48.4 Å². The molecule has 0 amide bonds. The van der Waals surface area contributed by atoms with Crippen molar-refractivity contribution in [3.8, 4) is 0 Å². The smallest absolute Gasteiger partial charge is 0.0475 e. The number of anilines is 1. The summed E-state index contributed by atoms with van der Waals surface area (Å²) in [4.78, 5) is 6.47. The molecule has 0 saturated heterocycles. The lowest BCUT2D eigenvalue weighted by atomic mass is 10.0. The van der Waals surface area contributed by atoms with E-state index in [1.807, 2.05) is 18.2 Å². The van der Waals surface area contributed by atoms with Crippen LogP contribution >= 0.6 is 0 Å². The van der Waals surface area contributed by atoms with Gasteiger partial charge in [0.05, 0.1) is 0 Å². The SMILES string of the molecule is CC(NCC(CO)Cc1ccccn1)c1ccccc1N(C)C. The van der Waals surface area contributed by atoms with Crippen molar-refractivity contribution in [1.82, 2.24) is 10.3 Å². The van der Waals surface area contributed by atoms with Gasteiger partial charge in [-0.25, -0.2) is 0 Å². The molecule has 23 heavy (non-hydrogen) atoms. The Kier molecular flexibility index (Phi) is 6.56. The first-order chi connectivity index (χ1) is 11.1. The molecule has 4 nitrogen and oxygen atoms in total. The van der Waals surface area contributed by atoms with E-state index in [0.717, 1.165) is 18.7 Å². The number of hydrogen-bond donors (Lipinski definition) is 2. The maximum Gasteiger partial charge on any atom is 0.0475 e. The number of pyridine rings is 1. The third-order valence-corrected chi connectivity index (χ3v) is 4.08. The van der Waals surface area contributed by atoms with Crippen molar-refractivity contribution in [2.24, 2.45) is 5.92 Å². The fraction of sp³-hybridized carbons (Fsp3) is 0.421. The fourth-order valence-corrected chi connectivity index (χ4v) is 2.73. The van der Waals surface area contributed by atoms with Crippen molar-refractivity contribution in [3.63, 3.8) is 0 Å². The van der Waals surface area contributed by atoms with Gasteiger partial charge in [0, 0.05) is 50.9 Å². The molecule has 0 spiro atoms. The van der Waals surface area contributed by atoms with Gasteiger partial charge in [-0.3, -0.25) is 4.98 Å². The average molecular weight is 313 g/mol. The van der Waals surface area contributed by atoms with Crippen LogP contribution in [0.2, 0.25) is 0 Å². The van der Waals surface area contributed by atoms with Crippen LogP contribution < -0.4 is 10.2 Å². The molecule has 1 heterocycles. The Bertz CT molecular complexity index is 586. The zero-order valence-electron chi connectivity index (χ0n) is 14.2. The Hall–Kier alpha value is -1.91. The summed E-state index contributed by atoms with van der Waals surface area (Å²) in [6.45, 7) is 3.08. The molecule has 2 atom stereocenters. The zero-order valence-corrected chi connectivity index (χ0v) is 14.2. The third-order valence-electron chi connectivity index (χ3n) is 4.08. The highest BCUT2D eigenvalue weighted by Crippen LogP contribution is 2.24. The summed E-state index contributed by atoms with van der Waals surface area (Å²) in [5.41, 5.74) is 3.51. The molecule has 4 heteroatoms. The molecule has 0 aliphatic rings. The molecule has 1 aromatic carbocycles. The van der Waals surface area contributed by atoms with Crippen LogP contribution in [0, 0.1) is 5.92 Å². The first-order valence-corrected chi connectivity index (χ1v) is 8.12. The molecule has 0 fully saturated rings. The van der Waals surface area contributed by atoms with Gasteiger partial charge in [0.25, 0.3) is 0 Å². The summed E-state index contributed by atoms with van der Waals surface area (Å²) in [7, 11) is 4.12. The van der Waals surface area contributed by atoms with Gasteiger partial charge in [0.2, 0.25) is 0 Å². The highest BCUT2D eigenvalue weighted by atomic mass is 16.3. The Balaban J connectivity index is 1.96. The number of aliphatic hydroxyl groups excluding tert-OH is 1. The summed E-state index contributed by atoms with van der Waals surface area (Å²) in [5.74, 6) is 0.166. The monoisotopic (exact) mass is 313 g/mol. The van der Waals surface area contributed by atoms with Gasteiger partial charge in [0.15, 0.2) is 0 Å². The maximum atomic E-state index is 9.64. The Morgan fingerprint density at radius 3 is 2.52 bits per heavy atom. The van der Waals surface area contributed by atoms with E-state index in [9.17, 15) is 5.11 Å². The van der Waals surface area contributed by atoms with E-state index in [-0.39, 0.29) is 18.6 Å². The van der Waals surface area contributed by atoms with Crippen molar-refractivity contribution < 1.29 is 5.11 Å². The van der Waals surface area contributed by atoms with Gasteiger partial charge in [-0.15, -0.1) is 0 Å². The van der Waals surface area contributed by atoms with Crippen molar-refractivity contribution >= 4 is 5.69 Å². The summed E-state index contributed by atoms with van der Waals surface area (Å²) < 4.78 is 0. The molecule has 2 aromatic rings. The van der Waals surface area contributed by atoms with Gasteiger partial charge in [-0.1, -0.05) is 24.3 Å². The molecular formula is C19H27N3O. The number of para-hydroxylation sites is 1. The highest BCUT2D eigenvalue weighted by molar-refractivity contribution is 5.53. The van der Waals surface area contributed by atoms with E-state index in [4.69, 9.17) is 0 Å². The number of benzene rings is 1. The minimum Gasteiger partial charge on any atom is -0.396 e. The summed E-state index contributed by atoms with van der Waals surface area (Å²) in [6.07, 6.45) is 2.58. The number of rotatable bonds is 8. The van der Waals surface area contributed by atoms with Crippen LogP contribution in [0.4, 0.5) is 5.69 Å². The van der Waals surface area contributed by atoms with Gasteiger partial charge >= 0.3 is 0 Å². The number of nitrogens with one attached hydrogen (secondary N) is 1. The number of hydrogen-bond acceptors (Lipinski definition) is 4. The normalized spacial score (nSPS) is 13.6. The summed E-state index contributed by atoms with van der Waals surface area (Å²) >= 11 is 0. The van der Waals surface area contributed by atoms with Gasteiger partial charge in [-0.2, -0.15) is 0 Å². The lowest BCUT2D eigenvalue weighted by molar-refractivity contribution is 0.218. The van der Waals surface area contributed by atoms with Crippen molar-refractivity contribution in [2.45, 2.75) is 19.4 Å². The van der Waals surface area contributed by atoms with E-state index in [0.29, 0.717) is 0 Å². The Labute approximate surface area is 139 Å². The molecule has 0 radical (unpaired) electrons. The van der Waals surface area contributed by atoms with Crippen molar-refractivity contribution in [2.75, 3.05) is 32.1 Å². The van der Waals surface area contributed by atoms with Crippen LogP contribution in [0.25, 0.3) is 0 Å². The second-order valence-corrected chi connectivity index (χ2v) is 6.16. The summed E-state index contributed by atoms with van der Waals surface area (Å²) in [6, 6.07) is 14.5. The van der Waals surface area contributed by atoms with Crippen molar-refractivity contribution in [1.29, 1.82) is 0 Å². The quantitative estimate of drug-likeness (QED) is 0.786. The minimum atomic E-state index is 0.158. The van der Waals surface area contributed by atoms with E-state index < -0.39 is 0 Å². The van der Waals surface area contributed by atoms with Crippen LogP contribution in [0.1, 0.15) is 24.2 Å². The van der Waals surface area contributed by atoms with Gasteiger partial charge < -0.3 is 15.3 Å². The standard InChI is InChI=1S/C19H27N3O/c1-15(18-9-4-5-10-19(18)22(2)3)21-13-16(14-23)12-17-8-6-7-11-20-17/h4-11,15-16,21,23H,12-14H2,1-3H3. The molecule has 1 aromatic heterocycles. The highest BCUT2D eigenvalue weighted by Gasteiger charge is 2.14. The maximum absolute atomic E-state index is 9.64. The largest absolute Gasteiger partial charge is 0.396 e. The molecule has 2 N–H and O–H groups in total. The van der Waals surface area contributed by atoms with E-state index in [1.54, 1.807) is 6.20 Å². The van der Waals surface area contributed by atoms with Gasteiger partial charge in [0.1, 0.15) is 0 Å². The molecule has 0 aliphatic carbocycles. The second-order valence-electron chi connectivity index (χ2n) is 6.16. The fourth-order valence-electron chi connectivity index (χ4n) is 2.73. The molecule has 0 saturated carbocycles. The van der Waals surface area contributed by atoms with Crippen LogP contribution in [-0.4, -0.2) is 37.3 Å². The van der Waals surface area contributed by atoms with Crippen LogP contribution in [0.5, 0.6) is 0 Å². The molecular weight excluding hydrogens is 286 g/mol. The first kappa shape index (κ1) is 17.4. The van der Waals surface area contributed by atoms with Crippen LogP contribution in [0.15, 0.2) is 48.7 Å². The number of nitrogens with zero attached hydrogens (tertiary/aromatic N) is 2. The predicted octanol–water partition coefficient (Wildman–Crippen LogP) is 2.65. The van der Waals surface area contributed by atoms with Gasteiger partial charge in [-0.05, 0) is 43.0 Å². The number of aromatic nitrogens is 1. The minimum absolute atomic E-state index is 0.158. The first-order valence-electron chi connectivity index (χ1n) is 8.12. The summed E-state index contributed by atoms with van der Waals surface area (Å²) in [5, 5.41) is 13.2. The molecule has 0 bridgehead atoms. The average Bonchev–Trinajstić information content (AvgIpc) is 2.59. The second kappa shape index (κ2) is 8.65. The Morgan fingerprint density at radius 1 is 1.13 bits per heavy atom. The van der Waals surface area contributed by atoms with E-state index in [1.165, 1.54) is 11.3 Å². The molecule has 2 unspecified atom stereocenters. The van der Waals surface area contributed by atoms with Crippen molar-refractivity contribution in [3.05, 3.63) is 59.9 Å². The molecule has 2 rings (SSSR count). The molecule has 124 valence electrons. The molecule has 0 aliphatic heterocycles. The zero-order chi connectivity index (χ0) is 16.7. The predicted molar refractivity (Wildman–Crippen MR) is 95.7 cm³/mol. The lowest BCUT2D eigenvalue weighted by Gasteiger charge is -2.24. The number of aliphatic hydroxyl groups is 1. The van der Waals surface area contributed by atoms with E-state index >= 15 is 0 Å². The van der Waals surface area contributed by atoms with E-state index in [2.05, 4.69) is 60.5 Å².